The Bertz CT molecular complexity index is 631. The number of aromatic amines is 2. The molecule has 0 unspecified atom stereocenters. The summed E-state index contributed by atoms with van der Waals surface area (Å²) in [5, 5.41) is 17.0. The number of carbonyl (C=O) groups excluding carboxylic acids is 1. The summed E-state index contributed by atoms with van der Waals surface area (Å²) in [4.78, 5) is 12.7. The van der Waals surface area contributed by atoms with Crippen molar-refractivity contribution in [3.8, 4) is 0 Å². The van der Waals surface area contributed by atoms with Crippen LogP contribution in [0.15, 0.2) is 18.3 Å². The number of H-pyrrole nitrogens is 2. The molecule has 6 nitrogen and oxygen atoms in total. The molecule has 21 heavy (non-hydrogen) atoms. The molecule has 1 aliphatic carbocycles. The van der Waals surface area contributed by atoms with Gasteiger partial charge in [0.05, 0.1) is 11.1 Å². The van der Waals surface area contributed by atoms with E-state index in [0.29, 0.717) is 5.82 Å². The van der Waals surface area contributed by atoms with Crippen molar-refractivity contribution in [3.05, 3.63) is 29.7 Å². The van der Waals surface area contributed by atoms with Gasteiger partial charge in [-0.25, -0.2) is 0 Å². The van der Waals surface area contributed by atoms with Crippen molar-refractivity contribution in [2.24, 2.45) is 0 Å². The Morgan fingerprint density at radius 3 is 2.57 bits per heavy atom. The van der Waals surface area contributed by atoms with Crippen LogP contribution in [0.5, 0.6) is 0 Å². The summed E-state index contributed by atoms with van der Waals surface area (Å²) in [7, 11) is 0. The molecule has 0 aliphatic heterocycles. The largest absolute Gasteiger partial charge is 0.308 e. The molecule has 3 rings (SSSR count). The monoisotopic (exact) mass is 287 g/mol. The van der Waals surface area contributed by atoms with Gasteiger partial charge in [0.2, 0.25) is 5.91 Å². The number of rotatable bonds is 3. The Morgan fingerprint density at radius 1 is 1.33 bits per heavy atom. The number of hydrogen-bond donors (Lipinski definition) is 3. The normalized spacial score (nSPS) is 17.3. The third kappa shape index (κ3) is 2.34. The smallest absolute Gasteiger partial charge is 0.237 e. The van der Waals surface area contributed by atoms with E-state index < -0.39 is 5.41 Å². The van der Waals surface area contributed by atoms with Crippen molar-refractivity contribution in [3.63, 3.8) is 0 Å². The van der Waals surface area contributed by atoms with Crippen LogP contribution < -0.4 is 5.32 Å². The summed E-state index contributed by atoms with van der Waals surface area (Å²) in [6.45, 7) is 6.30. The maximum atomic E-state index is 12.7. The molecule has 0 spiro atoms. The molecule has 112 valence electrons. The Kier molecular flexibility index (Phi) is 3.11. The highest BCUT2D eigenvalue weighted by Crippen LogP contribution is 2.43. The molecule has 2 aromatic rings. The molecule has 0 saturated heterocycles. The SMILES string of the molecule is CC(C)(C)c1cc(NC(=O)C2(c3ccn[nH]3)CCC2)n[nH]1. The number of amides is 1. The standard InChI is InChI=1S/C15H21N5O/c1-14(2,3)11-9-12(20-19-11)17-13(21)15(6-4-7-15)10-5-8-16-18-10/h5,8-9H,4,6-7H2,1-3H3,(H,16,18)(H2,17,19,20,21). The van der Waals surface area contributed by atoms with E-state index in [1.807, 2.05) is 12.1 Å². The van der Waals surface area contributed by atoms with E-state index in [1.165, 1.54) is 0 Å². The average molecular weight is 287 g/mol. The molecular weight excluding hydrogens is 266 g/mol. The molecule has 1 aliphatic rings. The molecule has 1 saturated carbocycles. The summed E-state index contributed by atoms with van der Waals surface area (Å²) < 4.78 is 0. The van der Waals surface area contributed by atoms with Crippen molar-refractivity contribution < 1.29 is 4.79 Å². The van der Waals surface area contributed by atoms with Crippen molar-refractivity contribution >= 4 is 11.7 Å². The summed E-state index contributed by atoms with van der Waals surface area (Å²) in [6.07, 6.45) is 4.43. The number of nitrogens with zero attached hydrogens (tertiary/aromatic N) is 2. The van der Waals surface area contributed by atoms with Crippen LogP contribution in [0.1, 0.15) is 51.4 Å². The predicted octanol–water partition coefficient (Wildman–Crippen LogP) is 2.49. The molecule has 6 heteroatoms. The Labute approximate surface area is 123 Å². The first-order valence-electron chi connectivity index (χ1n) is 7.29. The van der Waals surface area contributed by atoms with Crippen LogP contribution in [-0.2, 0) is 15.6 Å². The molecule has 0 radical (unpaired) electrons. The van der Waals surface area contributed by atoms with Gasteiger partial charge in [-0.05, 0) is 18.9 Å². The highest BCUT2D eigenvalue weighted by Gasteiger charge is 2.47. The van der Waals surface area contributed by atoms with Crippen LogP contribution in [-0.4, -0.2) is 26.3 Å². The first-order chi connectivity index (χ1) is 9.92. The third-order valence-electron chi connectivity index (χ3n) is 4.29. The van der Waals surface area contributed by atoms with Crippen LogP contribution in [0.25, 0.3) is 0 Å². The van der Waals surface area contributed by atoms with Crippen LogP contribution in [0, 0.1) is 0 Å². The van der Waals surface area contributed by atoms with E-state index in [1.54, 1.807) is 6.20 Å². The fourth-order valence-electron chi connectivity index (χ4n) is 2.68. The van der Waals surface area contributed by atoms with Crippen LogP contribution in [0.3, 0.4) is 0 Å². The first-order valence-corrected chi connectivity index (χ1v) is 7.29. The van der Waals surface area contributed by atoms with Crippen molar-refractivity contribution in [2.45, 2.75) is 50.9 Å². The van der Waals surface area contributed by atoms with Gasteiger partial charge in [-0.15, -0.1) is 0 Å². The second kappa shape index (κ2) is 4.72. The summed E-state index contributed by atoms with van der Waals surface area (Å²) in [5.41, 5.74) is 1.39. The van der Waals surface area contributed by atoms with Crippen LogP contribution in [0.2, 0.25) is 0 Å². The predicted molar refractivity (Wildman–Crippen MR) is 80.0 cm³/mol. The quantitative estimate of drug-likeness (QED) is 0.810. The van der Waals surface area contributed by atoms with Crippen molar-refractivity contribution in [2.75, 3.05) is 5.32 Å². The number of aromatic nitrogens is 4. The number of hydrogen-bond acceptors (Lipinski definition) is 3. The lowest BCUT2D eigenvalue weighted by Crippen LogP contribution is -2.46. The maximum Gasteiger partial charge on any atom is 0.237 e. The van der Waals surface area contributed by atoms with Crippen LogP contribution in [0.4, 0.5) is 5.82 Å². The van der Waals surface area contributed by atoms with E-state index >= 15 is 0 Å². The van der Waals surface area contributed by atoms with Gasteiger partial charge in [0.25, 0.3) is 0 Å². The number of nitrogens with one attached hydrogen (secondary N) is 3. The topological polar surface area (TPSA) is 86.5 Å². The lowest BCUT2D eigenvalue weighted by Gasteiger charge is -2.38. The highest BCUT2D eigenvalue weighted by atomic mass is 16.2. The van der Waals surface area contributed by atoms with Crippen molar-refractivity contribution in [1.29, 1.82) is 0 Å². The Hall–Kier alpha value is -2.11. The van der Waals surface area contributed by atoms with Crippen LogP contribution >= 0.6 is 0 Å². The zero-order valence-corrected chi connectivity index (χ0v) is 12.7. The molecule has 1 fully saturated rings. The highest BCUT2D eigenvalue weighted by molar-refractivity contribution is 5.99. The molecule has 2 heterocycles. The van der Waals surface area contributed by atoms with E-state index in [-0.39, 0.29) is 11.3 Å². The summed E-state index contributed by atoms with van der Waals surface area (Å²) in [6, 6.07) is 3.78. The molecular formula is C15H21N5O. The van der Waals surface area contributed by atoms with Gasteiger partial charge in [-0.2, -0.15) is 10.2 Å². The van der Waals surface area contributed by atoms with Gasteiger partial charge >= 0.3 is 0 Å². The molecule has 1 amide bonds. The molecule has 0 aromatic carbocycles. The third-order valence-corrected chi connectivity index (χ3v) is 4.29. The minimum absolute atomic E-state index is 0.00930. The summed E-state index contributed by atoms with van der Waals surface area (Å²) >= 11 is 0. The van der Waals surface area contributed by atoms with Gasteiger partial charge in [0.1, 0.15) is 0 Å². The second-order valence-electron chi connectivity index (χ2n) is 6.78. The molecule has 0 atom stereocenters. The van der Waals surface area contributed by atoms with Gasteiger partial charge in [-0.1, -0.05) is 27.2 Å². The number of anilines is 1. The lowest BCUT2D eigenvalue weighted by molar-refractivity contribution is -0.124. The molecule has 0 bridgehead atoms. The average Bonchev–Trinajstić information content (AvgIpc) is 2.97. The van der Waals surface area contributed by atoms with E-state index in [4.69, 9.17) is 0 Å². The first kappa shape index (κ1) is 13.9. The number of carbonyl (C=O) groups is 1. The van der Waals surface area contributed by atoms with Crippen molar-refractivity contribution in [1.82, 2.24) is 20.4 Å². The van der Waals surface area contributed by atoms with E-state index in [2.05, 4.69) is 46.5 Å². The minimum Gasteiger partial charge on any atom is -0.308 e. The Balaban J connectivity index is 1.79. The molecule has 2 aromatic heterocycles. The van der Waals surface area contributed by atoms with Gasteiger partial charge < -0.3 is 5.32 Å². The summed E-state index contributed by atoms with van der Waals surface area (Å²) in [5.74, 6) is 0.570. The zero-order chi connectivity index (χ0) is 15.1. The van der Waals surface area contributed by atoms with E-state index in [9.17, 15) is 4.79 Å². The fourth-order valence-corrected chi connectivity index (χ4v) is 2.68. The van der Waals surface area contributed by atoms with Gasteiger partial charge in [0, 0.05) is 23.4 Å². The second-order valence-corrected chi connectivity index (χ2v) is 6.78. The fraction of sp³-hybridized carbons (Fsp3) is 0.533. The maximum absolute atomic E-state index is 12.7. The van der Waals surface area contributed by atoms with Gasteiger partial charge in [0.15, 0.2) is 5.82 Å². The zero-order valence-electron chi connectivity index (χ0n) is 12.7. The minimum atomic E-state index is -0.475. The lowest BCUT2D eigenvalue weighted by atomic mass is 9.66. The molecule has 3 N–H and O–H groups in total. The Morgan fingerprint density at radius 2 is 2.10 bits per heavy atom. The van der Waals surface area contributed by atoms with Gasteiger partial charge in [-0.3, -0.25) is 15.0 Å². The van der Waals surface area contributed by atoms with E-state index in [0.717, 1.165) is 30.7 Å².